The molecular weight excluding hydrogens is 396 g/mol. The summed E-state index contributed by atoms with van der Waals surface area (Å²) in [5.74, 6) is -0.00164. The molecule has 0 saturated carbocycles. The normalized spacial score (nSPS) is 11.4. The van der Waals surface area contributed by atoms with Crippen LogP contribution < -0.4 is 11.1 Å². The average molecular weight is 420 g/mol. The van der Waals surface area contributed by atoms with Gasteiger partial charge in [0.1, 0.15) is 22.9 Å². The minimum atomic E-state index is -0.774. The van der Waals surface area contributed by atoms with Crippen LogP contribution in [0, 0.1) is 0 Å². The van der Waals surface area contributed by atoms with Gasteiger partial charge in [-0.2, -0.15) is 0 Å². The number of anilines is 1. The molecule has 2 aromatic heterocycles. The maximum atomic E-state index is 11.6. The van der Waals surface area contributed by atoms with Crippen molar-refractivity contribution in [3.8, 4) is 28.4 Å². The summed E-state index contributed by atoms with van der Waals surface area (Å²) in [6, 6.07) is 10.2. The number of benzene rings is 2. The van der Waals surface area contributed by atoms with E-state index < -0.39 is 6.03 Å². The van der Waals surface area contributed by atoms with Gasteiger partial charge >= 0.3 is 6.03 Å². The smallest absolute Gasteiger partial charge is 0.317 e. The first-order valence-electron chi connectivity index (χ1n) is 9.99. The van der Waals surface area contributed by atoms with Gasteiger partial charge in [0.25, 0.3) is 0 Å². The van der Waals surface area contributed by atoms with Gasteiger partial charge in [-0.05, 0) is 44.0 Å². The number of phenolic OH excluding ortho intramolecular Hbond substituents is 2. The predicted molar refractivity (Wildman–Crippen MR) is 119 cm³/mol. The first kappa shape index (κ1) is 20.3. The van der Waals surface area contributed by atoms with Crippen molar-refractivity contribution < 1.29 is 15.0 Å². The van der Waals surface area contributed by atoms with E-state index in [1.54, 1.807) is 6.07 Å². The number of carbonyl (C=O) groups excluding carboxylic acids is 1. The van der Waals surface area contributed by atoms with Crippen LogP contribution in [0.4, 0.5) is 10.6 Å². The van der Waals surface area contributed by atoms with E-state index >= 15 is 0 Å². The van der Waals surface area contributed by atoms with Gasteiger partial charge < -0.3 is 20.5 Å². The number of carbonyl (C=O) groups is 1. The maximum absolute atomic E-state index is 11.6. The third-order valence-corrected chi connectivity index (χ3v) is 5.27. The van der Waals surface area contributed by atoms with Crippen molar-refractivity contribution in [2.45, 2.75) is 33.2 Å². The second kappa shape index (κ2) is 7.67. The summed E-state index contributed by atoms with van der Waals surface area (Å²) < 4.78 is 3.59. The molecule has 0 spiro atoms. The molecule has 2 amide bonds. The van der Waals surface area contributed by atoms with Crippen LogP contribution in [0.3, 0.4) is 0 Å². The van der Waals surface area contributed by atoms with Crippen molar-refractivity contribution in [1.29, 1.82) is 0 Å². The zero-order valence-electron chi connectivity index (χ0n) is 17.5. The van der Waals surface area contributed by atoms with Crippen LogP contribution in [0.2, 0.25) is 0 Å². The Kier molecular flexibility index (Phi) is 5.02. The molecule has 2 aromatic carbocycles. The molecule has 0 fully saturated rings. The number of fused-ring (bicyclic) bond motifs is 1. The second-order valence-electron chi connectivity index (χ2n) is 7.57. The number of nitrogens with zero attached hydrogens (tertiary/aromatic N) is 4. The van der Waals surface area contributed by atoms with Crippen LogP contribution in [0.25, 0.3) is 27.8 Å². The molecule has 0 aliphatic rings. The highest BCUT2D eigenvalue weighted by atomic mass is 16.3. The number of aromatic hydroxyl groups is 2. The highest BCUT2D eigenvalue weighted by Gasteiger charge is 2.23. The zero-order chi connectivity index (χ0) is 22.3. The Bertz CT molecular complexity index is 1290. The Morgan fingerprint density at radius 2 is 1.97 bits per heavy atom. The minimum Gasteiger partial charge on any atom is -0.508 e. The summed E-state index contributed by atoms with van der Waals surface area (Å²) in [6.45, 7) is 6.09. The first-order chi connectivity index (χ1) is 14.8. The van der Waals surface area contributed by atoms with Crippen molar-refractivity contribution in [3.05, 3.63) is 48.2 Å². The van der Waals surface area contributed by atoms with Gasteiger partial charge in [0.05, 0.1) is 0 Å². The molecule has 31 heavy (non-hydrogen) atoms. The largest absolute Gasteiger partial charge is 0.508 e. The molecule has 160 valence electrons. The fraction of sp³-hybridized carbons (Fsp3) is 0.227. The monoisotopic (exact) mass is 420 g/mol. The summed E-state index contributed by atoms with van der Waals surface area (Å²) in [5.41, 5.74) is 8.56. The number of hydrogen-bond acceptors (Lipinski definition) is 5. The Morgan fingerprint density at radius 3 is 2.65 bits per heavy atom. The highest BCUT2D eigenvalue weighted by Crippen LogP contribution is 2.38. The van der Waals surface area contributed by atoms with Crippen molar-refractivity contribution in [1.82, 2.24) is 19.6 Å². The summed E-state index contributed by atoms with van der Waals surface area (Å²) in [7, 11) is 0. The summed E-state index contributed by atoms with van der Waals surface area (Å²) in [5, 5.41) is 32.4. The van der Waals surface area contributed by atoms with Gasteiger partial charge in [0, 0.05) is 34.8 Å². The van der Waals surface area contributed by atoms with E-state index in [1.165, 1.54) is 10.7 Å². The van der Waals surface area contributed by atoms with Crippen LogP contribution in [0.15, 0.2) is 42.6 Å². The van der Waals surface area contributed by atoms with E-state index in [9.17, 15) is 15.0 Å². The average Bonchev–Trinajstić information content (AvgIpc) is 3.32. The quantitative estimate of drug-likeness (QED) is 0.388. The number of primary amides is 1. The topological polar surface area (TPSA) is 131 Å². The predicted octanol–water partition coefficient (Wildman–Crippen LogP) is 3.93. The molecule has 0 radical (unpaired) electrons. The fourth-order valence-corrected chi connectivity index (χ4v) is 3.80. The van der Waals surface area contributed by atoms with Gasteiger partial charge in [-0.15, -0.1) is 5.10 Å². The Balaban J connectivity index is 2.02. The van der Waals surface area contributed by atoms with E-state index in [1.807, 2.05) is 37.4 Å². The number of nitrogens with two attached hydrogens (primary N) is 1. The lowest BCUT2D eigenvalue weighted by Gasteiger charge is -2.14. The van der Waals surface area contributed by atoms with Crippen molar-refractivity contribution >= 4 is 22.8 Å². The molecule has 4 rings (SSSR count). The molecule has 4 aromatic rings. The number of nitrogens with one attached hydrogen (secondary N) is 1. The van der Waals surface area contributed by atoms with E-state index in [0.29, 0.717) is 23.4 Å². The molecule has 0 atom stereocenters. The SMILES string of the molecule is CCc1cc(-n2nnc(NC(N)=O)c2-c2cccc3c2ccn3C(C)C)c(O)cc1O. The second-order valence-corrected chi connectivity index (χ2v) is 7.57. The van der Waals surface area contributed by atoms with Crippen molar-refractivity contribution in [3.63, 3.8) is 0 Å². The molecule has 5 N–H and O–H groups in total. The van der Waals surface area contributed by atoms with Crippen LogP contribution >= 0.6 is 0 Å². The summed E-state index contributed by atoms with van der Waals surface area (Å²) in [4.78, 5) is 11.6. The summed E-state index contributed by atoms with van der Waals surface area (Å²) in [6.07, 6.45) is 2.56. The Labute approximate surface area is 178 Å². The molecule has 0 saturated heterocycles. The van der Waals surface area contributed by atoms with Gasteiger partial charge in [0.2, 0.25) is 0 Å². The lowest BCUT2D eigenvalue weighted by Crippen LogP contribution is -2.20. The highest BCUT2D eigenvalue weighted by molar-refractivity contribution is 6.00. The van der Waals surface area contributed by atoms with Crippen molar-refractivity contribution in [2.24, 2.45) is 5.73 Å². The van der Waals surface area contributed by atoms with Gasteiger partial charge in [-0.3, -0.25) is 5.32 Å². The maximum Gasteiger partial charge on any atom is 0.317 e. The van der Waals surface area contributed by atoms with Gasteiger partial charge in [-0.25, -0.2) is 9.48 Å². The molecule has 0 unspecified atom stereocenters. The molecule has 0 aliphatic heterocycles. The lowest BCUT2D eigenvalue weighted by atomic mass is 10.1. The fourth-order valence-electron chi connectivity index (χ4n) is 3.80. The van der Waals surface area contributed by atoms with E-state index in [-0.39, 0.29) is 23.4 Å². The standard InChI is InChI=1S/C22H24N6O3/c1-4-13-10-17(19(30)11-18(13)29)28-20(21(25-26-28)24-22(23)31)15-6-5-7-16-14(15)8-9-27(16)12(2)3/h5-12,29-30H,4H2,1-3H3,(H3,23,24,31). The van der Waals surface area contributed by atoms with Crippen LogP contribution in [-0.4, -0.2) is 35.8 Å². The zero-order valence-corrected chi connectivity index (χ0v) is 17.5. The van der Waals surface area contributed by atoms with Crippen molar-refractivity contribution in [2.75, 3.05) is 5.32 Å². The number of phenols is 2. The van der Waals surface area contributed by atoms with Crippen LogP contribution in [0.1, 0.15) is 32.4 Å². The van der Waals surface area contributed by atoms with E-state index in [2.05, 4.69) is 34.0 Å². The number of rotatable bonds is 5. The molecular formula is C22H24N6O3. The van der Waals surface area contributed by atoms with Crippen LogP contribution in [-0.2, 0) is 6.42 Å². The van der Waals surface area contributed by atoms with E-state index in [4.69, 9.17) is 5.73 Å². The molecule has 2 heterocycles. The molecule has 0 bridgehead atoms. The number of hydrogen-bond donors (Lipinski definition) is 4. The Hall–Kier alpha value is -4.01. The minimum absolute atomic E-state index is 0.00277. The van der Waals surface area contributed by atoms with Gasteiger partial charge in [0.15, 0.2) is 5.82 Å². The summed E-state index contributed by atoms with van der Waals surface area (Å²) >= 11 is 0. The molecule has 0 aliphatic carbocycles. The number of aryl methyl sites for hydroxylation is 1. The molecule has 9 nitrogen and oxygen atoms in total. The Morgan fingerprint density at radius 1 is 1.19 bits per heavy atom. The first-order valence-corrected chi connectivity index (χ1v) is 9.99. The molecule has 9 heteroatoms. The van der Waals surface area contributed by atoms with Gasteiger partial charge in [-0.1, -0.05) is 24.3 Å². The van der Waals surface area contributed by atoms with Crippen LogP contribution in [0.5, 0.6) is 11.5 Å². The third-order valence-electron chi connectivity index (χ3n) is 5.27. The van der Waals surface area contributed by atoms with E-state index in [0.717, 1.165) is 16.5 Å². The number of aromatic nitrogens is 4. The third kappa shape index (κ3) is 3.43. The number of amides is 2. The number of urea groups is 1. The lowest BCUT2D eigenvalue weighted by molar-refractivity contribution is 0.259.